The number of hydrogen-bond donors (Lipinski definition) is 1. The van der Waals surface area contributed by atoms with Gasteiger partial charge in [-0.25, -0.2) is 14.8 Å². The highest BCUT2D eigenvalue weighted by molar-refractivity contribution is 7.10. The van der Waals surface area contributed by atoms with Gasteiger partial charge in [-0.2, -0.15) is 0 Å². The van der Waals surface area contributed by atoms with Gasteiger partial charge in [-0.1, -0.05) is 36.4 Å². The van der Waals surface area contributed by atoms with E-state index in [0.717, 1.165) is 32.9 Å². The van der Waals surface area contributed by atoms with Crippen LogP contribution < -0.4 is 4.74 Å². The van der Waals surface area contributed by atoms with Crippen LogP contribution in [0.2, 0.25) is 0 Å². The molecule has 0 fully saturated rings. The molecule has 0 bridgehead atoms. The Bertz CT molecular complexity index is 1560. The first kappa shape index (κ1) is 22.6. The second-order valence-electron chi connectivity index (χ2n) is 7.92. The summed E-state index contributed by atoms with van der Waals surface area (Å²) in [7, 11) is 0. The molecular formula is C26H17F3N4OS. The largest absolute Gasteiger partial charge is 0.573 e. The Kier molecular flexibility index (Phi) is 5.75. The maximum atomic E-state index is 12.6. The van der Waals surface area contributed by atoms with Gasteiger partial charge < -0.3 is 9.72 Å². The van der Waals surface area contributed by atoms with E-state index in [-0.39, 0.29) is 5.75 Å². The van der Waals surface area contributed by atoms with Crippen molar-refractivity contribution in [2.45, 2.75) is 19.7 Å². The standard InChI is InChI=1S/C26H17F3N4OS/c1-15-10-21-22(33-25(32-21)17-4-3-5-20(11-17)34-26(27,28)29)12-18(15)13-24-31-23(14-35-24)16-6-8-19(30-2)9-7-16/h3-12,14H,13H2,1H3,(H,32,33). The highest BCUT2D eigenvalue weighted by atomic mass is 32.1. The lowest BCUT2D eigenvalue weighted by molar-refractivity contribution is -0.274. The lowest BCUT2D eigenvalue weighted by Gasteiger charge is -2.09. The maximum Gasteiger partial charge on any atom is 0.573 e. The van der Waals surface area contributed by atoms with Crippen molar-refractivity contribution >= 4 is 28.1 Å². The quantitative estimate of drug-likeness (QED) is 0.257. The molecule has 2 aromatic heterocycles. The summed E-state index contributed by atoms with van der Waals surface area (Å²) in [6, 6.07) is 17.0. The first-order valence-corrected chi connectivity index (χ1v) is 11.4. The second-order valence-corrected chi connectivity index (χ2v) is 8.86. The Labute approximate surface area is 202 Å². The lowest BCUT2D eigenvalue weighted by atomic mass is 10.1. The number of thiazole rings is 1. The molecule has 5 aromatic rings. The zero-order chi connectivity index (χ0) is 24.6. The van der Waals surface area contributed by atoms with E-state index in [1.165, 1.54) is 18.2 Å². The van der Waals surface area contributed by atoms with Crippen molar-refractivity contribution in [1.82, 2.24) is 15.0 Å². The van der Waals surface area contributed by atoms with Crippen LogP contribution in [-0.2, 0) is 6.42 Å². The number of halogens is 3. The zero-order valence-corrected chi connectivity index (χ0v) is 19.2. The Hall–Kier alpha value is -4.16. The van der Waals surface area contributed by atoms with Gasteiger partial charge in [0.25, 0.3) is 0 Å². The van der Waals surface area contributed by atoms with Crippen LogP contribution in [0.1, 0.15) is 16.1 Å². The number of rotatable bonds is 5. The fourth-order valence-corrected chi connectivity index (χ4v) is 4.60. The number of aryl methyl sites for hydroxylation is 1. The van der Waals surface area contributed by atoms with Gasteiger partial charge in [-0.15, -0.1) is 24.5 Å². The van der Waals surface area contributed by atoms with Gasteiger partial charge >= 0.3 is 6.36 Å². The minimum Gasteiger partial charge on any atom is -0.406 e. The van der Waals surface area contributed by atoms with Crippen LogP contribution in [0.25, 0.3) is 38.5 Å². The molecule has 0 radical (unpaired) electrons. The molecule has 0 amide bonds. The van der Waals surface area contributed by atoms with Crippen molar-refractivity contribution < 1.29 is 17.9 Å². The summed E-state index contributed by atoms with van der Waals surface area (Å²) in [6.45, 7) is 9.08. The van der Waals surface area contributed by atoms with Gasteiger partial charge in [-0.05, 0) is 47.9 Å². The average molecular weight is 491 g/mol. The lowest BCUT2D eigenvalue weighted by Crippen LogP contribution is -2.17. The van der Waals surface area contributed by atoms with E-state index < -0.39 is 6.36 Å². The van der Waals surface area contributed by atoms with E-state index in [0.29, 0.717) is 29.0 Å². The molecule has 1 N–H and O–H groups in total. The highest BCUT2D eigenvalue weighted by Gasteiger charge is 2.31. The fraction of sp³-hybridized carbons (Fsp3) is 0.115. The van der Waals surface area contributed by atoms with Crippen molar-refractivity contribution in [3.63, 3.8) is 0 Å². The molecule has 0 saturated carbocycles. The third kappa shape index (κ3) is 5.03. The van der Waals surface area contributed by atoms with E-state index >= 15 is 0 Å². The van der Waals surface area contributed by atoms with Crippen LogP contribution in [0.4, 0.5) is 18.9 Å². The maximum absolute atomic E-state index is 12.6. The summed E-state index contributed by atoms with van der Waals surface area (Å²) in [6.07, 6.45) is -4.13. The summed E-state index contributed by atoms with van der Waals surface area (Å²) < 4.78 is 41.8. The third-order valence-corrected chi connectivity index (χ3v) is 6.32. The molecule has 0 spiro atoms. The van der Waals surface area contributed by atoms with Crippen molar-refractivity contribution in [3.8, 4) is 28.4 Å². The van der Waals surface area contributed by atoms with Gasteiger partial charge in [0.1, 0.15) is 11.6 Å². The van der Waals surface area contributed by atoms with E-state index in [1.54, 1.807) is 29.5 Å². The predicted molar refractivity (Wildman–Crippen MR) is 130 cm³/mol. The molecule has 35 heavy (non-hydrogen) atoms. The second kappa shape index (κ2) is 8.89. The Morgan fingerprint density at radius 2 is 1.83 bits per heavy atom. The number of fused-ring (bicyclic) bond motifs is 1. The number of alkyl halides is 3. The highest BCUT2D eigenvalue weighted by Crippen LogP contribution is 2.30. The molecule has 0 aliphatic rings. The number of benzene rings is 3. The molecule has 5 nitrogen and oxygen atoms in total. The molecule has 3 aromatic carbocycles. The summed E-state index contributed by atoms with van der Waals surface area (Å²) in [5.41, 5.74) is 6.54. The molecule has 9 heteroatoms. The molecular weight excluding hydrogens is 473 g/mol. The monoisotopic (exact) mass is 490 g/mol. The number of aromatic amines is 1. The third-order valence-electron chi connectivity index (χ3n) is 5.47. The number of nitrogens with zero attached hydrogens (tertiary/aromatic N) is 3. The Morgan fingerprint density at radius 3 is 2.57 bits per heavy atom. The number of ether oxygens (including phenoxy) is 1. The van der Waals surface area contributed by atoms with Crippen LogP contribution in [0.3, 0.4) is 0 Å². The van der Waals surface area contributed by atoms with Crippen LogP contribution >= 0.6 is 11.3 Å². The van der Waals surface area contributed by atoms with Gasteiger partial charge in [-0.3, -0.25) is 0 Å². The van der Waals surface area contributed by atoms with Crippen molar-refractivity contribution in [2.24, 2.45) is 0 Å². The smallest absolute Gasteiger partial charge is 0.406 e. The molecule has 0 aliphatic carbocycles. The van der Waals surface area contributed by atoms with Gasteiger partial charge in [0, 0.05) is 17.4 Å². The van der Waals surface area contributed by atoms with Gasteiger partial charge in [0.05, 0.1) is 28.3 Å². The number of aromatic nitrogens is 3. The summed E-state index contributed by atoms with van der Waals surface area (Å²) in [5, 5.41) is 2.95. The van der Waals surface area contributed by atoms with Crippen LogP contribution in [0, 0.1) is 13.5 Å². The van der Waals surface area contributed by atoms with E-state index in [2.05, 4.69) is 19.5 Å². The van der Waals surface area contributed by atoms with Crippen molar-refractivity contribution in [3.05, 3.63) is 93.6 Å². The topological polar surface area (TPSA) is 55.2 Å². The number of H-pyrrole nitrogens is 1. The van der Waals surface area contributed by atoms with Crippen LogP contribution in [0.15, 0.2) is 66.0 Å². The fourth-order valence-electron chi connectivity index (χ4n) is 3.77. The molecule has 0 saturated heterocycles. The average Bonchev–Trinajstić information content (AvgIpc) is 3.45. The summed E-state index contributed by atoms with van der Waals surface area (Å²) in [4.78, 5) is 16.0. The normalized spacial score (nSPS) is 11.5. The van der Waals surface area contributed by atoms with Crippen LogP contribution in [-0.4, -0.2) is 21.3 Å². The minimum absolute atomic E-state index is 0.296. The predicted octanol–water partition coefficient (Wildman–Crippen LogP) is 7.70. The van der Waals surface area contributed by atoms with Crippen LogP contribution in [0.5, 0.6) is 5.75 Å². The zero-order valence-electron chi connectivity index (χ0n) is 18.3. The Balaban J connectivity index is 1.40. The Morgan fingerprint density at radius 1 is 1.03 bits per heavy atom. The number of nitrogens with one attached hydrogen (secondary N) is 1. The minimum atomic E-state index is -4.75. The molecule has 174 valence electrons. The molecule has 2 heterocycles. The van der Waals surface area contributed by atoms with E-state index in [4.69, 9.17) is 11.6 Å². The summed E-state index contributed by atoms with van der Waals surface area (Å²) in [5.74, 6) is 0.166. The SMILES string of the molecule is [C-]#[N+]c1ccc(-c2csc(Cc3cc4nc(-c5cccc(OC(F)(F)F)c5)[nH]c4cc3C)n2)cc1. The van der Waals surface area contributed by atoms with Gasteiger partial charge in [0.15, 0.2) is 5.69 Å². The molecule has 0 unspecified atom stereocenters. The van der Waals surface area contributed by atoms with E-state index in [1.807, 2.05) is 36.6 Å². The molecule has 0 atom stereocenters. The van der Waals surface area contributed by atoms with Crippen molar-refractivity contribution in [2.75, 3.05) is 0 Å². The molecule has 0 aliphatic heterocycles. The van der Waals surface area contributed by atoms with Gasteiger partial charge in [0.2, 0.25) is 0 Å². The first-order chi connectivity index (χ1) is 16.8. The summed E-state index contributed by atoms with van der Waals surface area (Å²) >= 11 is 1.57. The van der Waals surface area contributed by atoms with E-state index in [9.17, 15) is 13.2 Å². The number of imidazole rings is 1. The van der Waals surface area contributed by atoms with Crippen molar-refractivity contribution in [1.29, 1.82) is 0 Å². The number of hydrogen-bond acceptors (Lipinski definition) is 4. The first-order valence-electron chi connectivity index (χ1n) is 10.5. The molecule has 5 rings (SSSR count).